The van der Waals surface area contributed by atoms with Gasteiger partial charge in [0.1, 0.15) is 17.9 Å². The van der Waals surface area contributed by atoms with Gasteiger partial charge in [-0.15, -0.1) is 0 Å². The fraction of sp³-hybridized carbons (Fsp3) is 0.188. The van der Waals surface area contributed by atoms with Crippen LogP contribution in [0.2, 0.25) is 0 Å². The lowest BCUT2D eigenvalue weighted by atomic mass is 10.1. The van der Waals surface area contributed by atoms with E-state index in [1.54, 1.807) is 18.2 Å². The number of carbonyl (C=O) groups is 1. The number of nitrogen functional groups attached to an aromatic ring is 1. The standard InChI is InChI=1S/C16H16N2O2/c17-13-7-4-8-14-15(13)16(19)18-12(10-20-14)9-11-5-2-1-3-6-11/h1-8,12H,9-10,17H2,(H,18,19)/t12-/m1/s1. The van der Waals surface area contributed by atoms with Gasteiger partial charge in [0.15, 0.2) is 0 Å². The van der Waals surface area contributed by atoms with Gasteiger partial charge in [0.25, 0.3) is 5.91 Å². The van der Waals surface area contributed by atoms with Crippen LogP contribution in [0.25, 0.3) is 0 Å². The second-order valence-electron chi connectivity index (χ2n) is 4.89. The summed E-state index contributed by atoms with van der Waals surface area (Å²) < 4.78 is 5.72. The molecule has 3 rings (SSSR count). The van der Waals surface area contributed by atoms with Crippen LogP contribution < -0.4 is 15.8 Å². The molecule has 0 aromatic heterocycles. The summed E-state index contributed by atoms with van der Waals surface area (Å²) in [6, 6.07) is 15.2. The van der Waals surface area contributed by atoms with Crippen molar-refractivity contribution in [1.29, 1.82) is 0 Å². The van der Waals surface area contributed by atoms with E-state index in [4.69, 9.17) is 10.5 Å². The van der Waals surface area contributed by atoms with Crippen LogP contribution in [0, 0.1) is 0 Å². The molecule has 1 heterocycles. The summed E-state index contributed by atoms with van der Waals surface area (Å²) in [5.74, 6) is 0.384. The van der Waals surface area contributed by atoms with Crippen molar-refractivity contribution >= 4 is 11.6 Å². The van der Waals surface area contributed by atoms with Gasteiger partial charge in [-0.2, -0.15) is 0 Å². The smallest absolute Gasteiger partial charge is 0.257 e. The largest absolute Gasteiger partial charge is 0.491 e. The minimum absolute atomic E-state index is 0.0586. The highest BCUT2D eigenvalue weighted by atomic mass is 16.5. The maximum atomic E-state index is 12.3. The number of rotatable bonds is 2. The number of nitrogens with two attached hydrogens (primary N) is 1. The molecule has 1 amide bonds. The second-order valence-corrected chi connectivity index (χ2v) is 4.89. The fourth-order valence-corrected chi connectivity index (χ4v) is 2.41. The number of hydrogen-bond acceptors (Lipinski definition) is 3. The quantitative estimate of drug-likeness (QED) is 0.819. The highest BCUT2D eigenvalue weighted by molar-refractivity contribution is 6.02. The zero-order chi connectivity index (χ0) is 13.9. The Hall–Kier alpha value is -2.49. The lowest BCUT2D eigenvalue weighted by Crippen LogP contribution is -2.38. The Kier molecular flexibility index (Phi) is 3.29. The first-order valence-electron chi connectivity index (χ1n) is 6.60. The number of fused-ring (bicyclic) bond motifs is 1. The van der Waals surface area contributed by atoms with Gasteiger partial charge in [-0.05, 0) is 24.1 Å². The Morgan fingerprint density at radius 2 is 1.95 bits per heavy atom. The molecule has 4 nitrogen and oxygen atoms in total. The predicted molar refractivity (Wildman–Crippen MR) is 77.7 cm³/mol. The van der Waals surface area contributed by atoms with E-state index >= 15 is 0 Å². The van der Waals surface area contributed by atoms with Gasteiger partial charge in [-0.1, -0.05) is 36.4 Å². The van der Waals surface area contributed by atoms with Crippen LogP contribution in [0.5, 0.6) is 5.75 Å². The summed E-state index contributed by atoms with van der Waals surface area (Å²) in [6.45, 7) is 0.442. The summed E-state index contributed by atoms with van der Waals surface area (Å²) >= 11 is 0. The van der Waals surface area contributed by atoms with Gasteiger partial charge >= 0.3 is 0 Å². The van der Waals surface area contributed by atoms with Crippen LogP contribution in [0.1, 0.15) is 15.9 Å². The van der Waals surface area contributed by atoms with Gasteiger partial charge in [-0.25, -0.2) is 0 Å². The molecule has 4 heteroatoms. The molecule has 1 aliphatic heterocycles. The molecule has 20 heavy (non-hydrogen) atoms. The third-order valence-electron chi connectivity index (χ3n) is 3.39. The summed E-state index contributed by atoms with van der Waals surface area (Å²) in [6.07, 6.45) is 0.737. The topological polar surface area (TPSA) is 64.4 Å². The van der Waals surface area contributed by atoms with Crippen LogP contribution >= 0.6 is 0 Å². The summed E-state index contributed by atoms with van der Waals surface area (Å²) in [5.41, 5.74) is 7.90. The van der Waals surface area contributed by atoms with E-state index in [9.17, 15) is 4.79 Å². The monoisotopic (exact) mass is 268 g/mol. The third kappa shape index (κ3) is 2.45. The molecule has 102 valence electrons. The average molecular weight is 268 g/mol. The van der Waals surface area contributed by atoms with Gasteiger partial charge in [-0.3, -0.25) is 4.79 Å². The van der Waals surface area contributed by atoms with Crippen molar-refractivity contribution in [1.82, 2.24) is 5.32 Å². The second kappa shape index (κ2) is 5.25. The minimum Gasteiger partial charge on any atom is -0.491 e. The zero-order valence-electron chi connectivity index (χ0n) is 11.0. The van der Waals surface area contributed by atoms with Crippen molar-refractivity contribution in [3.63, 3.8) is 0 Å². The number of nitrogens with one attached hydrogen (secondary N) is 1. The molecule has 2 aromatic rings. The highest BCUT2D eigenvalue weighted by Gasteiger charge is 2.24. The number of benzene rings is 2. The van der Waals surface area contributed by atoms with Gasteiger partial charge in [0.05, 0.1) is 6.04 Å². The molecule has 0 bridgehead atoms. The van der Waals surface area contributed by atoms with E-state index in [1.165, 1.54) is 5.56 Å². The molecule has 0 fully saturated rings. The van der Waals surface area contributed by atoms with Crippen LogP contribution in [-0.4, -0.2) is 18.6 Å². The number of hydrogen-bond donors (Lipinski definition) is 2. The molecule has 0 aliphatic carbocycles. The Morgan fingerprint density at radius 1 is 1.15 bits per heavy atom. The predicted octanol–water partition coefficient (Wildman–Crippen LogP) is 2.00. The Morgan fingerprint density at radius 3 is 2.75 bits per heavy atom. The normalized spacial score (nSPS) is 17.6. The number of ether oxygens (including phenoxy) is 1. The van der Waals surface area contributed by atoms with Crippen molar-refractivity contribution in [3.05, 3.63) is 59.7 Å². The van der Waals surface area contributed by atoms with Crippen molar-refractivity contribution in [2.75, 3.05) is 12.3 Å². The van der Waals surface area contributed by atoms with Crippen molar-refractivity contribution < 1.29 is 9.53 Å². The molecule has 0 radical (unpaired) electrons. The SMILES string of the molecule is Nc1cccc2c1C(=O)N[C@H](Cc1ccccc1)CO2. The van der Waals surface area contributed by atoms with E-state index in [0.29, 0.717) is 23.6 Å². The lowest BCUT2D eigenvalue weighted by Gasteiger charge is -2.15. The lowest BCUT2D eigenvalue weighted by molar-refractivity contribution is 0.0939. The highest BCUT2D eigenvalue weighted by Crippen LogP contribution is 2.26. The van der Waals surface area contributed by atoms with E-state index in [1.807, 2.05) is 30.3 Å². The van der Waals surface area contributed by atoms with Gasteiger partial charge < -0.3 is 15.8 Å². The van der Waals surface area contributed by atoms with Crippen LogP contribution in [0.15, 0.2) is 48.5 Å². The van der Waals surface area contributed by atoms with Crippen molar-refractivity contribution in [2.45, 2.75) is 12.5 Å². The summed E-state index contributed by atoms with van der Waals surface area (Å²) in [7, 11) is 0. The molecule has 2 aromatic carbocycles. The molecule has 0 saturated carbocycles. The van der Waals surface area contributed by atoms with Crippen molar-refractivity contribution in [3.8, 4) is 5.75 Å². The number of amides is 1. The van der Waals surface area contributed by atoms with Gasteiger partial charge in [0.2, 0.25) is 0 Å². The average Bonchev–Trinajstić information content (AvgIpc) is 2.60. The first-order valence-corrected chi connectivity index (χ1v) is 6.60. The molecule has 1 atom stereocenters. The summed E-state index contributed by atoms with van der Waals surface area (Å²) in [4.78, 5) is 12.3. The zero-order valence-corrected chi connectivity index (χ0v) is 11.0. The van der Waals surface area contributed by atoms with Crippen LogP contribution in [0.3, 0.4) is 0 Å². The molecule has 3 N–H and O–H groups in total. The van der Waals surface area contributed by atoms with Gasteiger partial charge in [0, 0.05) is 5.69 Å². The Labute approximate surface area is 117 Å². The fourth-order valence-electron chi connectivity index (χ4n) is 2.41. The van der Waals surface area contributed by atoms with E-state index in [2.05, 4.69) is 5.32 Å². The molecular weight excluding hydrogens is 252 g/mol. The maximum absolute atomic E-state index is 12.3. The maximum Gasteiger partial charge on any atom is 0.257 e. The molecule has 0 spiro atoms. The Balaban J connectivity index is 1.81. The van der Waals surface area contributed by atoms with Crippen LogP contribution in [0.4, 0.5) is 5.69 Å². The minimum atomic E-state index is -0.170. The number of carbonyl (C=O) groups excluding carboxylic acids is 1. The first-order chi connectivity index (χ1) is 9.74. The Bertz CT molecular complexity index is 626. The third-order valence-corrected chi connectivity index (χ3v) is 3.39. The number of anilines is 1. The molecule has 0 saturated heterocycles. The molecule has 1 aliphatic rings. The van der Waals surface area contributed by atoms with E-state index in [-0.39, 0.29) is 11.9 Å². The van der Waals surface area contributed by atoms with Crippen LogP contribution in [-0.2, 0) is 6.42 Å². The van der Waals surface area contributed by atoms with E-state index < -0.39 is 0 Å². The van der Waals surface area contributed by atoms with Crippen molar-refractivity contribution in [2.24, 2.45) is 0 Å². The van der Waals surface area contributed by atoms with E-state index in [0.717, 1.165) is 6.42 Å². The summed E-state index contributed by atoms with van der Waals surface area (Å²) in [5, 5.41) is 2.98. The first kappa shape index (κ1) is 12.5. The molecular formula is C16H16N2O2. The molecule has 0 unspecified atom stereocenters.